The zero-order chi connectivity index (χ0) is 17.6. The summed E-state index contributed by atoms with van der Waals surface area (Å²) in [6.07, 6.45) is 3.17. The van der Waals surface area contributed by atoms with E-state index in [1.54, 1.807) is 0 Å². The quantitative estimate of drug-likeness (QED) is 0.545. The van der Waals surface area contributed by atoms with E-state index in [0.717, 1.165) is 31.7 Å². The van der Waals surface area contributed by atoms with Gasteiger partial charge >= 0.3 is 0 Å². The number of rotatable bonds is 3. The van der Waals surface area contributed by atoms with Gasteiger partial charge in [0, 0.05) is 12.4 Å². The molecule has 0 amide bonds. The van der Waals surface area contributed by atoms with Crippen molar-refractivity contribution < 1.29 is 8.78 Å². The minimum absolute atomic E-state index is 0.0325. The summed E-state index contributed by atoms with van der Waals surface area (Å²) >= 11 is 0. The van der Waals surface area contributed by atoms with Crippen molar-refractivity contribution in [3.05, 3.63) is 75.5 Å². The van der Waals surface area contributed by atoms with E-state index in [1.165, 1.54) is 18.5 Å². The first-order valence-corrected chi connectivity index (χ1v) is 7.49. The fourth-order valence-corrected chi connectivity index (χ4v) is 2.86. The average molecular weight is 329 g/mol. The molecule has 0 aliphatic rings. The Labute approximate surface area is 137 Å². The largest absolute Gasteiger partial charge is 0.269 e. The number of fused-ring (bicyclic) bond motifs is 1. The van der Waals surface area contributed by atoms with Crippen LogP contribution in [0, 0.1) is 25.6 Å². The molecule has 24 heavy (non-hydrogen) atoms. The summed E-state index contributed by atoms with van der Waals surface area (Å²) in [5, 5.41) is 0. The molecule has 4 nitrogen and oxygen atoms in total. The van der Waals surface area contributed by atoms with Crippen molar-refractivity contribution in [3.8, 4) is 5.69 Å². The Kier molecular flexibility index (Phi) is 3.83. The molecule has 124 valence electrons. The van der Waals surface area contributed by atoms with Gasteiger partial charge in [0.15, 0.2) is 0 Å². The van der Waals surface area contributed by atoms with Crippen LogP contribution in [0.25, 0.3) is 11.5 Å². The molecule has 0 saturated carbocycles. The van der Waals surface area contributed by atoms with Crippen LogP contribution in [0.3, 0.4) is 0 Å². The molecule has 2 heterocycles. The third kappa shape index (κ3) is 2.44. The van der Waals surface area contributed by atoms with Gasteiger partial charge in [0.05, 0.1) is 11.8 Å². The van der Waals surface area contributed by atoms with Gasteiger partial charge in [-0.2, -0.15) is 4.39 Å². The number of hydrogen-bond acceptors (Lipinski definition) is 2. The summed E-state index contributed by atoms with van der Waals surface area (Å²) in [4.78, 5) is 16.4. The lowest BCUT2D eigenvalue weighted by molar-refractivity contribution is 0.554. The molecule has 0 aliphatic carbocycles. The molecule has 2 aromatic heterocycles. The van der Waals surface area contributed by atoms with Crippen LogP contribution in [0.2, 0.25) is 0 Å². The maximum Gasteiger partial charge on any atom is 0.262 e. The molecule has 0 aliphatic heterocycles. The molecule has 0 atom stereocenters. The Morgan fingerprint density at radius 2 is 2.00 bits per heavy atom. The number of halogens is 2. The summed E-state index contributed by atoms with van der Waals surface area (Å²) < 4.78 is 31.0. The van der Waals surface area contributed by atoms with Crippen LogP contribution >= 0.6 is 0 Å². The van der Waals surface area contributed by atoms with Crippen molar-refractivity contribution in [1.82, 2.24) is 14.0 Å². The molecule has 0 spiro atoms. The van der Waals surface area contributed by atoms with E-state index < -0.39 is 17.3 Å². The molecule has 0 unspecified atom stereocenters. The van der Waals surface area contributed by atoms with Crippen LogP contribution in [-0.4, -0.2) is 14.0 Å². The number of hydrogen-bond donors (Lipinski definition) is 0. The van der Waals surface area contributed by atoms with Crippen LogP contribution < -0.4 is 5.56 Å². The van der Waals surface area contributed by atoms with E-state index in [0.29, 0.717) is 12.0 Å². The SMILES string of the molecule is C=C(C)Cc1c(C)c(C)cc(F)c1-n1c(=O)cc(F)n2ccnc12. The predicted molar refractivity (Wildman–Crippen MR) is 88.7 cm³/mol. The summed E-state index contributed by atoms with van der Waals surface area (Å²) in [5.74, 6) is -1.26. The molecule has 3 rings (SSSR count). The van der Waals surface area contributed by atoms with Gasteiger partial charge in [-0.05, 0) is 49.9 Å². The van der Waals surface area contributed by atoms with Crippen molar-refractivity contribution in [2.75, 3.05) is 0 Å². The normalized spacial score (nSPS) is 11.2. The second-order valence-electron chi connectivity index (χ2n) is 6.00. The monoisotopic (exact) mass is 329 g/mol. The highest BCUT2D eigenvalue weighted by Gasteiger charge is 2.20. The topological polar surface area (TPSA) is 39.3 Å². The molecule has 6 heteroatoms. The maximum absolute atomic E-state index is 14.8. The van der Waals surface area contributed by atoms with Gasteiger partial charge in [-0.3, -0.25) is 9.20 Å². The predicted octanol–water partition coefficient (Wildman–Crippen LogP) is 3.50. The highest BCUT2D eigenvalue weighted by Crippen LogP contribution is 2.27. The minimum Gasteiger partial charge on any atom is -0.269 e. The Morgan fingerprint density at radius 1 is 1.29 bits per heavy atom. The van der Waals surface area contributed by atoms with Crippen molar-refractivity contribution in [2.24, 2.45) is 0 Å². The first-order valence-electron chi connectivity index (χ1n) is 7.49. The third-order valence-corrected chi connectivity index (χ3v) is 4.12. The molecular weight excluding hydrogens is 312 g/mol. The third-order valence-electron chi connectivity index (χ3n) is 4.12. The lowest BCUT2D eigenvalue weighted by atomic mass is 9.95. The van der Waals surface area contributed by atoms with E-state index in [-0.39, 0.29) is 11.5 Å². The lowest BCUT2D eigenvalue weighted by Gasteiger charge is -2.18. The molecule has 0 bridgehead atoms. The molecule has 1 aromatic carbocycles. The second kappa shape index (κ2) is 5.70. The molecular formula is C18H17F2N3O. The van der Waals surface area contributed by atoms with Gasteiger partial charge in [0.25, 0.3) is 5.56 Å². The number of imidazole rings is 1. The molecule has 0 N–H and O–H groups in total. The van der Waals surface area contributed by atoms with Crippen LogP contribution in [-0.2, 0) is 6.42 Å². The van der Waals surface area contributed by atoms with E-state index in [9.17, 15) is 13.6 Å². The summed E-state index contributed by atoms with van der Waals surface area (Å²) in [5.41, 5.74) is 2.56. The number of nitrogens with zero attached hydrogens (tertiary/aromatic N) is 3. The Hall–Kier alpha value is -2.76. The van der Waals surface area contributed by atoms with Gasteiger partial charge in [-0.25, -0.2) is 13.9 Å². The number of allylic oxidation sites excluding steroid dienone is 1. The highest BCUT2D eigenvalue weighted by atomic mass is 19.1. The average Bonchev–Trinajstić information content (AvgIpc) is 2.96. The Bertz CT molecular complexity index is 1030. The smallest absolute Gasteiger partial charge is 0.262 e. The number of aryl methyl sites for hydroxylation is 1. The van der Waals surface area contributed by atoms with Gasteiger partial charge in [-0.15, -0.1) is 0 Å². The molecule has 3 aromatic rings. The van der Waals surface area contributed by atoms with Crippen LogP contribution in [0.15, 0.2) is 41.5 Å². The summed E-state index contributed by atoms with van der Waals surface area (Å²) in [6, 6.07) is 2.20. The van der Waals surface area contributed by atoms with E-state index in [4.69, 9.17) is 0 Å². The van der Waals surface area contributed by atoms with Crippen molar-refractivity contribution in [1.29, 1.82) is 0 Å². The zero-order valence-electron chi connectivity index (χ0n) is 13.7. The van der Waals surface area contributed by atoms with Gasteiger partial charge in [-0.1, -0.05) is 12.2 Å². The minimum atomic E-state index is -0.741. The highest BCUT2D eigenvalue weighted by molar-refractivity contribution is 5.55. The first-order chi connectivity index (χ1) is 11.3. The fraction of sp³-hybridized carbons (Fsp3) is 0.222. The maximum atomic E-state index is 14.8. The van der Waals surface area contributed by atoms with Crippen molar-refractivity contribution >= 4 is 5.78 Å². The summed E-state index contributed by atoms with van der Waals surface area (Å²) in [6.45, 7) is 9.40. The van der Waals surface area contributed by atoms with Gasteiger partial charge in [0.1, 0.15) is 5.82 Å². The van der Waals surface area contributed by atoms with Gasteiger partial charge in [0.2, 0.25) is 11.7 Å². The van der Waals surface area contributed by atoms with Crippen LogP contribution in [0.4, 0.5) is 8.78 Å². The molecule has 0 radical (unpaired) electrons. The van der Waals surface area contributed by atoms with Crippen molar-refractivity contribution in [2.45, 2.75) is 27.2 Å². The summed E-state index contributed by atoms with van der Waals surface area (Å²) in [7, 11) is 0. The molecule has 0 fully saturated rings. The zero-order valence-corrected chi connectivity index (χ0v) is 13.7. The van der Waals surface area contributed by atoms with Crippen molar-refractivity contribution in [3.63, 3.8) is 0 Å². The fourth-order valence-electron chi connectivity index (χ4n) is 2.86. The van der Waals surface area contributed by atoms with E-state index >= 15 is 0 Å². The Balaban J connectivity index is 2.47. The van der Waals surface area contributed by atoms with E-state index in [1.807, 2.05) is 20.8 Å². The standard InChI is InChI=1S/C18H17F2N3O/c1-10(2)7-13-12(4)11(3)8-14(19)17(13)23-16(24)9-15(20)22-6-5-21-18(22)23/h5-6,8-9H,1,7H2,2-4H3. The number of aromatic nitrogens is 3. The second-order valence-corrected chi connectivity index (χ2v) is 6.00. The van der Waals surface area contributed by atoms with Crippen LogP contribution in [0.1, 0.15) is 23.6 Å². The van der Waals surface area contributed by atoms with Gasteiger partial charge < -0.3 is 0 Å². The number of benzene rings is 1. The van der Waals surface area contributed by atoms with Crippen LogP contribution in [0.5, 0.6) is 0 Å². The lowest BCUT2D eigenvalue weighted by Crippen LogP contribution is -2.24. The first kappa shape index (κ1) is 16.1. The molecule has 0 saturated heterocycles. The van der Waals surface area contributed by atoms with E-state index in [2.05, 4.69) is 11.6 Å². The Morgan fingerprint density at radius 3 is 2.67 bits per heavy atom.